The number of hydrogen-bond acceptors (Lipinski definition) is 4. The molecule has 1 atom stereocenters. The van der Waals surface area contributed by atoms with E-state index in [2.05, 4.69) is 28.8 Å². The van der Waals surface area contributed by atoms with Crippen LogP contribution in [0.5, 0.6) is 0 Å². The Kier molecular flexibility index (Phi) is 4.34. The van der Waals surface area contributed by atoms with Crippen LogP contribution in [-0.2, 0) is 17.8 Å². The van der Waals surface area contributed by atoms with Crippen molar-refractivity contribution in [3.05, 3.63) is 12.2 Å². The lowest BCUT2D eigenvalue weighted by Crippen LogP contribution is -2.51. The lowest BCUT2D eigenvalue weighted by molar-refractivity contribution is -0.129. The lowest BCUT2D eigenvalue weighted by atomic mass is 9.89. The summed E-state index contributed by atoms with van der Waals surface area (Å²) >= 11 is 0. The van der Waals surface area contributed by atoms with Crippen LogP contribution in [0.1, 0.15) is 45.9 Å². The van der Waals surface area contributed by atoms with Gasteiger partial charge in [-0.05, 0) is 46.2 Å². The van der Waals surface area contributed by atoms with Gasteiger partial charge in [0.25, 0.3) is 0 Å². The second kappa shape index (κ2) is 5.82. The minimum Gasteiger partial charge on any atom is -0.297 e. The van der Waals surface area contributed by atoms with Crippen molar-refractivity contribution in [2.75, 3.05) is 13.1 Å². The first-order valence-corrected chi connectivity index (χ1v) is 7.26. The van der Waals surface area contributed by atoms with Crippen molar-refractivity contribution in [1.29, 1.82) is 0 Å². The topological polar surface area (TPSA) is 51.0 Å². The predicted molar refractivity (Wildman–Crippen MR) is 73.9 cm³/mol. The Labute approximate surface area is 115 Å². The van der Waals surface area contributed by atoms with Crippen molar-refractivity contribution in [2.45, 2.75) is 58.5 Å². The van der Waals surface area contributed by atoms with Crippen molar-refractivity contribution in [1.82, 2.24) is 19.7 Å². The van der Waals surface area contributed by atoms with Gasteiger partial charge in [-0.25, -0.2) is 9.67 Å². The highest BCUT2D eigenvalue weighted by molar-refractivity contribution is 5.89. The van der Waals surface area contributed by atoms with E-state index < -0.39 is 0 Å². The highest BCUT2D eigenvalue weighted by atomic mass is 16.1. The summed E-state index contributed by atoms with van der Waals surface area (Å²) in [6, 6.07) is 0. The fraction of sp³-hybridized carbons (Fsp3) is 0.786. The highest BCUT2D eigenvalue weighted by Crippen LogP contribution is 2.26. The molecule has 1 fully saturated rings. The molecule has 1 aromatic rings. The van der Waals surface area contributed by atoms with Crippen LogP contribution in [0.2, 0.25) is 0 Å². The van der Waals surface area contributed by atoms with Crippen molar-refractivity contribution in [2.24, 2.45) is 0 Å². The maximum absolute atomic E-state index is 12.7. The maximum Gasteiger partial charge on any atom is 0.160 e. The average Bonchev–Trinajstić information content (AvgIpc) is 3.08. The molecule has 0 aromatic carbocycles. The van der Waals surface area contributed by atoms with E-state index in [9.17, 15) is 4.79 Å². The Bertz CT molecular complexity index is 436. The Morgan fingerprint density at radius 1 is 1.37 bits per heavy atom. The standard InChI is InChI=1S/C14H24N4O/c1-4-14(3,17-8-6-7-9-17)12(19)10-13-15-11-16-18(13)5-2/h11H,4-10H2,1-3H3. The number of likely N-dealkylation sites (tertiary alicyclic amines) is 1. The predicted octanol–water partition coefficient (Wildman–Crippen LogP) is 1.67. The zero-order valence-electron chi connectivity index (χ0n) is 12.2. The molecule has 0 amide bonds. The minimum absolute atomic E-state index is 0.264. The quantitative estimate of drug-likeness (QED) is 0.784. The molecule has 1 aliphatic rings. The number of hydrogen-bond donors (Lipinski definition) is 0. The van der Waals surface area contributed by atoms with Crippen LogP contribution in [0.3, 0.4) is 0 Å². The van der Waals surface area contributed by atoms with Gasteiger partial charge in [0.1, 0.15) is 12.2 Å². The number of Topliss-reactive ketones (excluding diaryl/α,β-unsaturated/α-hetero) is 1. The zero-order chi connectivity index (χ0) is 13.9. The summed E-state index contributed by atoms with van der Waals surface area (Å²) in [6.45, 7) is 9.03. The normalized spacial score (nSPS) is 19.5. The van der Waals surface area contributed by atoms with Gasteiger partial charge in [0.05, 0.1) is 12.0 Å². The molecule has 0 spiro atoms. The number of rotatable bonds is 6. The van der Waals surface area contributed by atoms with Crippen molar-refractivity contribution >= 4 is 5.78 Å². The Morgan fingerprint density at radius 2 is 2.05 bits per heavy atom. The van der Waals surface area contributed by atoms with Gasteiger partial charge >= 0.3 is 0 Å². The van der Waals surface area contributed by atoms with E-state index in [1.165, 1.54) is 19.2 Å². The van der Waals surface area contributed by atoms with E-state index in [4.69, 9.17) is 0 Å². The fourth-order valence-corrected chi connectivity index (χ4v) is 2.83. The van der Waals surface area contributed by atoms with Crippen molar-refractivity contribution in [3.63, 3.8) is 0 Å². The fourth-order valence-electron chi connectivity index (χ4n) is 2.83. The number of carbonyl (C=O) groups is 1. The van der Waals surface area contributed by atoms with Gasteiger partial charge in [0, 0.05) is 6.54 Å². The highest BCUT2D eigenvalue weighted by Gasteiger charge is 2.38. The first kappa shape index (κ1) is 14.2. The molecule has 0 radical (unpaired) electrons. The summed E-state index contributed by atoms with van der Waals surface area (Å²) in [4.78, 5) is 19.2. The monoisotopic (exact) mass is 264 g/mol. The van der Waals surface area contributed by atoms with Gasteiger partial charge in [0.2, 0.25) is 0 Å². The summed E-state index contributed by atoms with van der Waals surface area (Å²) in [5, 5.41) is 4.13. The molecular formula is C14H24N4O. The van der Waals surface area contributed by atoms with Gasteiger partial charge in [0.15, 0.2) is 5.78 Å². The second-order valence-electron chi connectivity index (χ2n) is 5.41. The molecule has 0 bridgehead atoms. The third-order valence-electron chi connectivity index (χ3n) is 4.41. The van der Waals surface area contributed by atoms with Gasteiger partial charge in [-0.1, -0.05) is 6.92 Å². The number of aromatic nitrogens is 3. The maximum atomic E-state index is 12.7. The van der Waals surface area contributed by atoms with E-state index in [1.807, 2.05) is 6.92 Å². The molecular weight excluding hydrogens is 240 g/mol. The van der Waals surface area contributed by atoms with Crippen LogP contribution in [0.4, 0.5) is 0 Å². The third kappa shape index (κ3) is 2.71. The molecule has 5 nitrogen and oxygen atoms in total. The number of carbonyl (C=O) groups excluding carboxylic acids is 1. The summed E-state index contributed by atoms with van der Waals surface area (Å²) in [7, 11) is 0. The minimum atomic E-state index is -0.346. The van der Waals surface area contributed by atoms with Crippen LogP contribution < -0.4 is 0 Å². The number of aryl methyl sites for hydroxylation is 1. The summed E-state index contributed by atoms with van der Waals surface area (Å²) in [5.74, 6) is 1.05. The summed E-state index contributed by atoms with van der Waals surface area (Å²) in [5.41, 5.74) is -0.346. The zero-order valence-corrected chi connectivity index (χ0v) is 12.2. The molecule has 19 heavy (non-hydrogen) atoms. The van der Waals surface area contributed by atoms with Gasteiger partial charge < -0.3 is 0 Å². The number of nitrogens with zero attached hydrogens (tertiary/aromatic N) is 4. The molecule has 2 rings (SSSR count). The Balaban J connectivity index is 2.12. The molecule has 2 heterocycles. The number of ketones is 1. The van der Waals surface area contributed by atoms with Crippen LogP contribution >= 0.6 is 0 Å². The van der Waals surface area contributed by atoms with Crippen molar-refractivity contribution < 1.29 is 4.79 Å². The van der Waals surface area contributed by atoms with Crippen molar-refractivity contribution in [3.8, 4) is 0 Å². The molecule has 0 N–H and O–H groups in total. The van der Waals surface area contributed by atoms with Crippen LogP contribution in [-0.4, -0.2) is 44.1 Å². The summed E-state index contributed by atoms with van der Waals surface area (Å²) < 4.78 is 1.80. The third-order valence-corrected chi connectivity index (χ3v) is 4.41. The van der Waals surface area contributed by atoms with E-state index >= 15 is 0 Å². The lowest BCUT2D eigenvalue weighted by Gasteiger charge is -2.36. The molecule has 1 aromatic heterocycles. The molecule has 0 aliphatic carbocycles. The van der Waals surface area contributed by atoms with Crippen LogP contribution in [0, 0.1) is 0 Å². The van der Waals surface area contributed by atoms with Gasteiger partial charge in [-0.15, -0.1) is 0 Å². The molecule has 106 valence electrons. The molecule has 1 unspecified atom stereocenters. The van der Waals surface area contributed by atoms with E-state index in [-0.39, 0.29) is 11.3 Å². The van der Waals surface area contributed by atoms with Gasteiger partial charge in [-0.2, -0.15) is 5.10 Å². The first-order chi connectivity index (χ1) is 9.11. The second-order valence-corrected chi connectivity index (χ2v) is 5.41. The summed E-state index contributed by atoms with van der Waals surface area (Å²) in [6.07, 6.45) is 5.17. The van der Waals surface area contributed by atoms with Gasteiger partial charge in [-0.3, -0.25) is 9.69 Å². The first-order valence-electron chi connectivity index (χ1n) is 7.26. The molecule has 1 aliphatic heterocycles. The average molecular weight is 264 g/mol. The largest absolute Gasteiger partial charge is 0.297 e. The van der Waals surface area contributed by atoms with Crippen LogP contribution in [0.15, 0.2) is 6.33 Å². The molecule has 0 saturated carbocycles. The molecule has 1 saturated heterocycles. The van der Waals surface area contributed by atoms with Crippen LogP contribution in [0.25, 0.3) is 0 Å². The van der Waals surface area contributed by atoms with E-state index in [1.54, 1.807) is 4.68 Å². The Morgan fingerprint density at radius 3 is 2.63 bits per heavy atom. The van der Waals surface area contributed by atoms with E-state index in [0.29, 0.717) is 6.42 Å². The molecule has 5 heteroatoms. The Hall–Kier alpha value is -1.23. The van der Waals surface area contributed by atoms with E-state index in [0.717, 1.165) is 31.9 Å². The smallest absolute Gasteiger partial charge is 0.160 e. The SMILES string of the molecule is CCn1ncnc1CC(=O)C(C)(CC)N1CCCC1.